The fourth-order valence-electron chi connectivity index (χ4n) is 2.84. The number of nitrogens with zero attached hydrogens (tertiary/aromatic N) is 2. The van der Waals surface area contributed by atoms with E-state index in [4.69, 9.17) is 5.73 Å². The zero-order valence-electron chi connectivity index (χ0n) is 14.6. The van der Waals surface area contributed by atoms with E-state index in [1.54, 1.807) is 41.8 Å². The Bertz CT molecular complexity index is 1190. The smallest absolute Gasteiger partial charge is 0.284 e. The number of amides is 2. The van der Waals surface area contributed by atoms with E-state index in [1.165, 1.54) is 11.3 Å². The van der Waals surface area contributed by atoms with E-state index >= 15 is 0 Å². The van der Waals surface area contributed by atoms with E-state index in [1.807, 2.05) is 30.3 Å². The number of carbonyl (C=O) groups excluding carboxylic acids is 2. The standard InChI is InChI=1S/C21H15N3O3S/c22-19(25)16-8-6-15-11-17(9-7-14(15)10-16)20(26)24(27)21-23-18(12-28-21)13-4-2-1-3-5-13/h1-12,27H,(H2,22,25). The van der Waals surface area contributed by atoms with Gasteiger partial charge in [0.1, 0.15) is 0 Å². The molecule has 0 unspecified atom stereocenters. The molecule has 3 aromatic carbocycles. The van der Waals surface area contributed by atoms with Gasteiger partial charge >= 0.3 is 0 Å². The number of hydrogen-bond acceptors (Lipinski definition) is 5. The number of thiazole rings is 1. The quantitative estimate of drug-likeness (QED) is 0.406. The van der Waals surface area contributed by atoms with Crippen molar-refractivity contribution >= 4 is 39.1 Å². The molecule has 0 aliphatic carbocycles. The molecule has 0 aliphatic rings. The molecule has 0 saturated heterocycles. The summed E-state index contributed by atoms with van der Waals surface area (Å²) in [7, 11) is 0. The Morgan fingerprint density at radius 2 is 1.57 bits per heavy atom. The fourth-order valence-corrected chi connectivity index (χ4v) is 3.58. The minimum absolute atomic E-state index is 0.188. The van der Waals surface area contributed by atoms with Crippen LogP contribution in [-0.4, -0.2) is 22.0 Å². The molecule has 7 heteroatoms. The Morgan fingerprint density at radius 1 is 0.929 bits per heavy atom. The first-order valence-corrected chi connectivity index (χ1v) is 9.29. The molecule has 28 heavy (non-hydrogen) atoms. The van der Waals surface area contributed by atoms with Crippen LogP contribution in [0, 0.1) is 0 Å². The van der Waals surface area contributed by atoms with Crippen molar-refractivity contribution in [2.24, 2.45) is 5.73 Å². The van der Waals surface area contributed by atoms with Crippen LogP contribution in [0.25, 0.3) is 22.0 Å². The number of fused-ring (bicyclic) bond motifs is 1. The molecule has 0 saturated carbocycles. The summed E-state index contributed by atoms with van der Waals surface area (Å²) in [6.07, 6.45) is 0. The molecular weight excluding hydrogens is 374 g/mol. The molecule has 4 rings (SSSR count). The molecule has 0 atom stereocenters. The Balaban J connectivity index is 1.61. The highest BCUT2D eigenvalue weighted by molar-refractivity contribution is 7.14. The van der Waals surface area contributed by atoms with Gasteiger partial charge in [0.25, 0.3) is 5.91 Å². The molecule has 6 nitrogen and oxygen atoms in total. The summed E-state index contributed by atoms with van der Waals surface area (Å²) >= 11 is 1.18. The molecule has 0 bridgehead atoms. The third-order valence-corrected chi connectivity index (χ3v) is 5.12. The van der Waals surface area contributed by atoms with Crippen molar-refractivity contribution in [3.05, 3.63) is 83.2 Å². The minimum atomic E-state index is -0.588. The normalized spacial score (nSPS) is 10.8. The highest BCUT2D eigenvalue weighted by Crippen LogP contribution is 2.28. The predicted octanol–water partition coefficient (Wildman–Crippen LogP) is 4.10. The lowest BCUT2D eigenvalue weighted by atomic mass is 10.0. The first kappa shape index (κ1) is 17.8. The fraction of sp³-hybridized carbons (Fsp3) is 0. The first-order valence-electron chi connectivity index (χ1n) is 8.41. The van der Waals surface area contributed by atoms with Crippen LogP contribution >= 0.6 is 11.3 Å². The largest absolute Gasteiger partial charge is 0.366 e. The van der Waals surface area contributed by atoms with Gasteiger partial charge in [-0.25, -0.2) is 4.98 Å². The average molecular weight is 389 g/mol. The van der Waals surface area contributed by atoms with Crippen LogP contribution in [0.15, 0.2) is 72.1 Å². The highest BCUT2D eigenvalue weighted by atomic mass is 32.1. The SMILES string of the molecule is NC(=O)c1ccc2cc(C(=O)N(O)c3nc(-c4ccccc4)cs3)ccc2c1. The van der Waals surface area contributed by atoms with Crippen LogP contribution in [0.4, 0.5) is 5.13 Å². The lowest BCUT2D eigenvalue weighted by Crippen LogP contribution is -2.26. The summed E-state index contributed by atoms with van der Waals surface area (Å²) in [5.74, 6) is -1.10. The van der Waals surface area contributed by atoms with Crippen LogP contribution in [0.2, 0.25) is 0 Å². The van der Waals surface area contributed by atoms with Crippen molar-refractivity contribution in [2.45, 2.75) is 0 Å². The van der Waals surface area contributed by atoms with E-state index in [2.05, 4.69) is 4.98 Å². The predicted molar refractivity (Wildman–Crippen MR) is 109 cm³/mol. The van der Waals surface area contributed by atoms with Gasteiger partial charge in [-0.05, 0) is 35.0 Å². The van der Waals surface area contributed by atoms with Crippen molar-refractivity contribution in [3.8, 4) is 11.3 Å². The number of carbonyl (C=O) groups is 2. The van der Waals surface area contributed by atoms with Crippen molar-refractivity contribution in [3.63, 3.8) is 0 Å². The van der Waals surface area contributed by atoms with Crippen molar-refractivity contribution in [1.82, 2.24) is 4.98 Å². The van der Waals surface area contributed by atoms with Crippen LogP contribution in [0.5, 0.6) is 0 Å². The van der Waals surface area contributed by atoms with Crippen molar-refractivity contribution in [2.75, 3.05) is 5.06 Å². The monoisotopic (exact) mass is 389 g/mol. The summed E-state index contributed by atoms with van der Waals surface area (Å²) in [5.41, 5.74) is 7.58. The zero-order valence-corrected chi connectivity index (χ0v) is 15.4. The highest BCUT2D eigenvalue weighted by Gasteiger charge is 2.20. The molecule has 2 amide bonds. The van der Waals surface area contributed by atoms with Crippen molar-refractivity contribution in [1.29, 1.82) is 0 Å². The van der Waals surface area contributed by atoms with E-state index in [9.17, 15) is 14.8 Å². The molecule has 3 N–H and O–H groups in total. The maximum atomic E-state index is 12.7. The molecule has 0 radical (unpaired) electrons. The third kappa shape index (κ3) is 3.36. The van der Waals surface area contributed by atoms with E-state index in [0.717, 1.165) is 16.3 Å². The molecule has 0 spiro atoms. The topological polar surface area (TPSA) is 96.5 Å². The van der Waals surface area contributed by atoms with Gasteiger partial charge in [0.15, 0.2) is 0 Å². The molecule has 0 aliphatic heterocycles. The van der Waals surface area contributed by atoms with Gasteiger partial charge in [-0.2, -0.15) is 5.06 Å². The summed E-state index contributed by atoms with van der Waals surface area (Å²) in [6.45, 7) is 0. The first-order chi connectivity index (χ1) is 13.5. The molecular formula is C21H15N3O3S. The summed E-state index contributed by atoms with van der Waals surface area (Å²) in [4.78, 5) is 28.3. The second kappa shape index (κ2) is 7.22. The van der Waals surface area contributed by atoms with Gasteiger partial charge in [-0.15, -0.1) is 11.3 Å². The Kier molecular flexibility index (Phi) is 4.60. The number of aromatic nitrogens is 1. The number of primary amides is 1. The molecule has 138 valence electrons. The number of rotatable bonds is 4. The number of hydrogen-bond donors (Lipinski definition) is 2. The van der Waals surface area contributed by atoms with Gasteiger partial charge in [0.05, 0.1) is 5.69 Å². The van der Waals surface area contributed by atoms with Gasteiger partial charge in [-0.1, -0.05) is 42.5 Å². The van der Waals surface area contributed by atoms with Gasteiger partial charge in [-0.3, -0.25) is 14.8 Å². The maximum absolute atomic E-state index is 12.7. The van der Waals surface area contributed by atoms with E-state index in [0.29, 0.717) is 21.9 Å². The van der Waals surface area contributed by atoms with E-state index in [-0.39, 0.29) is 5.13 Å². The number of hydroxylamine groups is 1. The lowest BCUT2D eigenvalue weighted by molar-refractivity contribution is 0.0854. The van der Waals surface area contributed by atoms with Crippen LogP contribution in [-0.2, 0) is 0 Å². The third-order valence-electron chi connectivity index (χ3n) is 4.31. The Morgan fingerprint density at radius 3 is 2.25 bits per heavy atom. The Labute approximate surface area is 164 Å². The summed E-state index contributed by atoms with van der Waals surface area (Å²) < 4.78 is 0. The van der Waals surface area contributed by atoms with Gasteiger partial charge < -0.3 is 5.73 Å². The molecule has 1 aromatic heterocycles. The molecule has 0 fully saturated rings. The second-order valence-electron chi connectivity index (χ2n) is 6.14. The Hall–Kier alpha value is -3.55. The molecule has 4 aromatic rings. The van der Waals surface area contributed by atoms with Crippen LogP contribution in [0.1, 0.15) is 20.7 Å². The number of benzene rings is 3. The summed E-state index contributed by atoms with van der Waals surface area (Å²) in [5, 5.41) is 14.4. The number of nitrogens with two attached hydrogens (primary N) is 1. The zero-order chi connectivity index (χ0) is 19.7. The summed E-state index contributed by atoms with van der Waals surface area (Å²) in [6, 6.07) is 19.4. The van der Waals surface area contributed by atoms with Gasteiger partial charge in [0.2, 0.25) is 11.0 Å². The van der Waals surface area contributed by atoms with Gasteiger partial charge in [0, 0.05) is 22.1 Å². The second-order valence-corrected chi connectivity index (χ2v) is 6.98. The van der Waals surface area contributed by atoms with Crippen LogP contribution < -0.4 is 10.8 Å². The maximum Gasteiger partial charge on any atom is 0.284 e. The average Bonchev–Trinajstić information content (AvgIpc) is 3.22. The van der Waals surface area contributed by atoms with Crippen LogP contribution in [0.3, 0.4) is 0 Å². The van der Waals surface area contributed by atoms with E-state index < -0.39 is 11.8 Å². The lowest BCUT2D eigenvalue weighted by Gasteiger charge is -2.12. The molecule has 1 heterocycles. The minimum Gasteiger partial charge on any atom is -0.366 e. The van der Waals surface area contributed by atoms with Crippen molar-refractivity contribution < 1.29 is 14.8 Å². The number of anilines is 1.